The van der Waals surface area contributed by atoms with Gasteiger partial charge in [0.25, 0.3) is 0 Å². The molecule has 0 amide bonds. The summed E-state index contributed by atoms with van der Waals surface area (Å²) < 4.78 is 0. The zero-order valence-corrected chi connectivity index (χ0v) is 10.9. The highest BCUT2D eigenvalue weighted by atomic mass is 16.4. The quantitative estimate of drug-likeness (QED) is 0.352. The van der Waals surface area contributed by atoms with Crippen molar-refractivity contribution in [2.24, 2.45) is 0 Å². The lowest BCUT2D eigenvalue weighted by Crippen LogP contribution is -2.11. The lowest BCUT2D eigenvalue weighted by Gasteiger charge is -2.03. The fourth-order valence-electron chi connectivity index (χ4n) is 1.75. The Bertz CT molecular complexity index is 326. The van der Waals surface area contributed by atoms with Gasteiger partial charge in [-0.05, 0) is 32.1 Å². The van der Waals surface area contributed by atoms with Crippen molar-refractivity contribution < 1.29 is 19.6 Å². The van der Waals surface area contributed by atoms with Crippen LogP contribution in [-0.4, -0.2) is 29.0 Å². The van der Waals surface area contributed by atoms with Crippen LogP contribution in [0.2, 0.25) is 6.32 Å². The van der Waals surface area contributed by atoms with Gasteiger partial charge in [-0.25, -0.2) is 9.59 Å². The second-order valence-electron chi connectivity index (χ2n) is 4.36. The van der Waals surface area contributed by atoms with Gasteiger partial charge in [0, 0.05) is 17.5 Å². The number of hydrogen-bond acceptors (Lipinski definition) is 4. The van der Waals surface area contributed by atoms with Gasteiger partial charge in [0.2, 0.25) is 0 Å². The molecule has 0 unspecified atom stereocenters. The van der Waals surface area contributed by atoms with Gasteiger partial charge >= 0.3 is 7.12 Å². The number of allylic oxidation sites excluding steroid dienone is 2. The van der Waals surface area contributed by atoms with Crippen LogP contribution in [0.3, 0.4) is 0 Å². The lowest BCUT2D eigenvalue weighted by molar-refractivity contribution is 0.408. The van der Waals surface area contributed by atoms with E-state index >= 15 is 0 Å². The summed E-state index contributed by atoms with van der Waals surface area (Å²) >= 11 is 0. The summed E-state index contributed by atoms with van der Waals surface area (Å²) in [4.78, 5) is 20.9. The molecule has 100 valence electrons. The van der Waals surface area contributed by atoms with Crippen LogP contribution in [0.4, 0.5) is 0 Å². The minimum Gasteiger partial charge on any atom is -0.427 e. The van der Waals surface area contributed by atoms with E-state index in [0.29, 0.717) is 12.0 Å². The molecule has 0 aromatic carbocycles. The van der Waals surface area contributed by atoms with Crippen LogP contribution in [0.1, 0.15) is 51.9 Å². The molecular formula is C13H21BO4. The molecule has 0 aliphatic carbocycles. The highest BCUT2D eigenvalue weighted by molar-refractivity contribution is 6.42. The highest BCUT2D eigenvalue weighted by Gasteiger charge is 2.10. The first-order valence-electron chi connectivity index (χ1n) is 6.45. The van der Waals surface area contributed by atoms with Gasteiger partial charge in [0.1, 0.15) is 11.9 Å². The molecule has 0 saturated carbocycles. The van der Waals surface area contributed by atoms with Crippen molar-refractivity contribution in [2.75, 3.05) is 0 Å². The van der Waals surface area contributed by atoms with Gasteiger partial charge in [0.05, 0.1) is 0 Å². The molecule has 0 aliphatic rings. The van der Waals surface area contributed by atoms with E-state index in [0.717, 1.165) is 44.1 Å². The summed E-state index contributed by atoms with van der Waals surface area (Å²) in [6.07, 6.45) is 5.86. The molecule has 0 atom stereocenters. The largest absolute Gasteiger partial charge is 0.456 e. The van der Waals surface area contributed by atoms with E-state index in [1.807, 2.05) is 12.9 Å². The lowest BCUT2D eigenvalue weighted by atomic mass is 9.80. The SMILES string of the molecule is CCC(=C=O)CCCCCCC(=C=O)CB(O)O. The zero-order chi connectivity index (χ0) is 13.8. The molecule has 0 rings (SSSR count). The monoisotopic (exact) mass is 252 g/mol. The second-order valence-corrected chi connectivity index (χ2v) is 4.36. The van der Waals surface area contributed by atoms with Gasteiger partial charge in [-0.2, -0.15) is 0 Å². The Balaban J connectivity index is 3.62. The van der Waals surface area contributed by atoms with Crippen LogP contribution >= 0.6 is 0 Å². The molecule has 0 aromatic heterocycles. The van der Waals surface area contributed by atoms with Crippen molar-refractivity contribution in [1.82, 2.24) is 0 Å². The van der Waals surface area contributed by atoms with Gasteiger partial charge in [-0.15, -0.1) is 0 Å². The molecule has 0 aliphatic heterocycles. The van der Waals surface area contributed by atoms with E-state index in [1.165, 1.54) is 0 Å². The Hall–Kier alpha value is -1.12. The van der Waals surface area contributed by atoms with E-state index in [2.05, 4.69) is 0 Å². The van der Waals surface area contributed by atoms with Crippen molar-refractivity contribution in [3.8, 4) is 0 Å². The third kappa shape index (κ3) is 8.97. The van der Waals surface area contributed by atoms with Crippen LogP contribution in [0, 0.1) is 0 Å². The standard InChI is InChI=1S/C13H21BO4/c1-2-12(10-15)7-5-3-4-6-8-13(11-16)9-14(17)18/h17-18H,2-9H2,1H3. The van der Waals surface area contributed by atoms with Crippen molar-refractivity contribution in [2.45, 2.75) is 58.2 Å². The first-order valence-corrected chi connectivity index (χ1v) is 6.45. The first kappa shape index (κ1) is 16.9. The van der Waals surface area contributed by atoms with Crippen molar-refractivity contribution in [1.29, 1.82) is 0 Å². The molecule has 0 aromatic rings. The average Bonchev–Trinajstić information content (AvgIpc) is 2.36. The predicted molar refractivity (Wildman–Crippen MR) is 71.4 cm³/mol. The summed E-state index contributed by atoms with van der Waals surface area (Å²) in [5.41, 5.74) is 1.25. The fourth-order valence-corrected chi connectivity index (χ4v) is 1.75. The van der Waals surface area contributed by atoms with Gasteiger partial charge < -0.3 is 10.0 Å². The molecule has 0 saturated heterocycles. The van der Waals surface area contributed by atoms with Gasteiger partial charge in [-0.3, -0.25) is 0 Å². The molecule has 0 fully saturated rings. The number of hydrogen-bond donors (Lipinski definition) is 2. The maximum Gasteiger partial charge on any atom is 0.456 e. The molecule has 18 heavy (non-hydrogen) atoms. The van der Waals surface area contributed by atoms with Crippen LogP contribution < -0.4 is 0 Å². The average molecular weight is 252 g/mol. The summed E-state index contributed by atoms with van der Waals surface area (Å²) in [5.74, 6) is 3.70. The van der Waals surface area contributed by atoms with Gasteiger partial charge in [-0.1, -0.05) is 19.8 Å². The molecule has 2 N–H and O–H groups in total. The first-order chi connectivity index (χ1) is 8.63. The highest BCUT2D eigenvalue weighted by Crippen LogP contribution is 2.14. The van der Waals surface area contributed by atoms with Crippen molar-refractivity contribution >= 4 is 19.0 Å². The summed E-state index contributed by atoms with van der Waals surface area (Å²) in [5, 5.41) is 17.5. The summed E-state index contributed by atoms with van der Waals surface area (Å²) in [6, 6.07) is 0. The molecule has 0 radical (unpaired) electrons. The normalized spacial score (nSPS) is 9.50. The van der Waals surface area contributed by atoms with Crippen LogP contribution in [0.15, 0.2) is 11.1 Å². The van der Waals surface area contributed by atoms with E-state index in [9.17, 15) is 9.59 Å². The molecule has 5 heteroatoms. The third-order valence-electron chi connectivity index (χ3n) is 2.85. The van der Waals surface area contributed by atoms with Crippen LogP contribution in [0.5, 0.6) is 0 Å². The maximum absolute atomic E-state index is 10.5. The van der Waals surface area contributed by atoms with Gasteiger partial charge in [0.15, 0.2) is 0 Å². The fraction of sp³-hybridized carbons (Fsp3) is 0.692. The van der Waals surface area contributed by atoms with E-state index < -0.39 is 7.12 Å². The number of rotatable bonds is 10. The number of carbonyl (C=O) groups excluding carboxylic acids is 2. The van der Waals surface area contributed by atoms with Crippen molar-refractivity contribution in [3.63, 3.8) is 0 Å². The predicted octanol–water partition coefficient (Wildman–Crippen LogP) is 1.73. The minimum atomic E-state index is -1.47. The Labute approximate surface area is 109 Å². The maximum atomic E-state index is 10.5. The zero-order valence-electron chi connectivity index (χ0n) is 10.9. The Morgan fingerprint density at radius 3 is 1.83 bits per heavy atom. The van der Waals surface area contributed by atoms with Crippen molar-refractivity contribution in [3.05, 3.63) is 11.1 Å². The Kier molecular flexibility index (Phi) is 10.3. The summed E-state index contributed by atoms with van der Waals surface area (Å²) in [6.45, 7) is 1.95. The van der Waals surface area contributed by atoms with Crippen LogP contribution in [-0.2, 0) is 9.59 Å². The Morgan fingerprint density at radius 1 is 0.944 bits per heavy atom. The van der Waals surface area contributed by atoms with E-state index in [-0.39, 0.29) is 6.32 Å². The number of unbranched alkanes of at least 4 members (excludes halogenated alkanes) is 3. The second kappa shape index (κ2) is 11.0. The topological polar surface area (TPSA) is 74.6 Å². The molecule has 4 nitrogen and oxygen atoms in total. The smallest absolute Gasteiger partial charge is 0.427 e. The third-order valence-corrected chi connectivity index (χ3v) is 2.85. The molecule has 0 heterocycles. The minimum absolute atomic E-state index is 0.0165. The van der Waals surface area contributed by atoms with E-state index in [1.54, 1.807) is 5.94 Å². The molecule has 0 bridgehead atoms. The summed E-state index contributed by atoms with van der Waals surface area (Å²) in [7, 11) is -1.47. The molecule has 0 spiro atoms. The Morgan fingerprint density at radius 2 is 1.44 bits per heavy atom. The molecular weight excluding hydrogens is 231 g/mol. The van der Waals surface area contributed by atoms with Crippen LogP contribution in [0.25, 0.3) is 0 Å². The van der Waals surface area contributed by atoms with E-state index in [4.69, 9.17) is 10.0 Å².